The minimum atomic E-state index is 1.19. The van der Waals surface area contributed by atoms with Gasteiger partial charge in [-0.3, -0.25) is 0 Å². The van der Waals surface area contributed by atoms with Crippen molar-refractivity contribution >= 4 is 30.3 Å². The van der Waals surface area contributed by atoms with E-state index in [1.807, 2.05) is 18.9 Å². The van der Waals surface area contributed by atoms with Gasteiger partial charge in [0.15, 0.2) is 0 Å². The van der Waals surface area contributed by atoms with Gasteiger partial charge in [-0.1, -0.05) is 49.6 Å². The molecule has 1 aromatic heterocycles. The van der Waals surface area contributed by atoms with Gasteiger partial charge in [0.1, 0.15) is 6.79 Å². The first-order chi connectivity index (χ1) is 8.77. The predicted octanol–water partition coefficient (Wildman–Crippen LogP) is 4.82. The summed E-state index contributed by atoms with van der Waals surface area (Å²) in [6.45, 7) is 11.9. The lowest BCUT2D eigenvalue weighted by atomic mass is 9.98. The maximum atomic E-state index is 8.00. The Balaban J connectivity index is 0.000000771. The summed E-state index contributed by atoms with van der Waals surface area (Å²) in [5.41, 5.74) is 5.02. The molecule has 0 N–H and O–H groups in total. The topological polar surface area (TPSA) is 17.1 Å². The van der Waals surface area contributed by atoms with Crippen molar-refractivity contribution in [2.45, 2.75) is 6.92 Å². The van der Waals surface area contributed by atoms with Gasteiger partial charge in [-0.05, 0) is 29.0 Å². The molecular weight excluding hydrogens is 240 g/mol. The quantitative estimate of drug-likeness (QED) is 0.769. The van der Waals surface area contributed by atoms with E-state index in [-0.39, 0.29) is 0 Å². The predicted molar refractivity (Wildman–Crippen MR) is 81.8 cm³/mol. The molecule has 18 heavy (non-hydrogen) atoms. The molecule has 2 aromatic rings. The van der Waals surface area contributed by atoms with Crippen LogP contribution in [0, 0.1) is 6.92 Å². The lowest BCUT2D eigenvalue weighted by Crippen LogP contribution is -1.83. The van der Waals surface area contributed by atoms with Crippen molar-refractivity contribution in [1.82, 2.24) is 0 Å². The molecule has 0 spiro atoms. The molecule has 0 aliphatic heterocycles. The maximum absolute atomic E-state index is 8.00. The molecule has 2 heteroatoms. The third-order valence-electron chi connectivity index (χ3n) is 2.68. The lowest BCUT2D eigenvalue weighted by molar-refractivity contribution is -0.0979. The normalized spacial score (nSPS) is 9.17. The summed E-state index contributed by atoms with van der Waals surface area (Å²) >= 11 is 1.71. The third-order valence-corrected chi connectivity index (χ3v) is 3.68. The second-order valence-corrected chi connectivity index (χ2v) is 4.56. The average Bonchev–Trinajstić information content (AvgIpc) is 2.84. The van der Waals surface area contributed by atoms with E-state index in [2.05, 4.69) is 49.7 Å². The minimum absolute atomic E-state index is 1.19. The van der Waals surface area contributed by atoms with Crippen molar-refractivity contribution in [2.75, 3.05) is 0 Å². The van der Waals surface area contributed by atoms with Crippen molar-refractivity contribution in [3.8, 4) is 11.1 Å². The summed E-state index contributed by atoms with van der Waals surface area (Å²) in [5, 5.41) is 2.18. The van der Waals surface area contributed by atoms with Gasteiger partial charge in [-0.25, -0.2) is 0 Å². The first-order valence-electron chi connectivity index (χ1n) is 5.49. The summed E-state index contributed by atoms with van der Waals surface area (Å²) in [6, 6.07) is 8.42. The number of carbonyl (C=O) groups excluding carboxylic acids is 1. The van der Waals surface area contributed by atoms with Crippen molar-refractivity contribution < 1.29 is 4.79 Å². The van der Waals surface area contributed by atoms with Crippen LogP contribution in [0.15, 0.2) is 42.8 Å². The molecule has 0 radical (unpaired) electrons. The molecule has 0 amide bonds. The van der Waals surface area contributed by atoms with E-state index in [9.17, 15) is 0 Å². The highest BCUT2D eigenvalue weighted by Crippen LogP contribution is 2.34. The first kappa shape index (κ1) is 14.1. The maximum Gasteiger partial charge on any atom is 0.106 e. The van der Waals surface area contributed by atoms with Gasteiger partial charge in [0, 0.05) is 10.4 Å². The van der Waals surface area contributed by atoms with E-state index < -0.39 is 0 Å². The Morgan fingerprint density at radius 2 is 1.72 bits per heavy atom. The molecule has 2 rings (SSSR count). The number of hydrogen-bond donors (Lipinski definition) is 0. The summed E-state index contributed by atoms with van der Waals surface area (Å²) in [6.07, 6.45) is 3.80. The highest BCUT2D eigenvalue weighted by atomic mass is 32.1. The van der Waals surface area contributed by atoms with Gasteiger partial charge in [-0.2, -0.15) is 0 Å². The summed E-state index contributed by atoms with van der Waals surface area (Å²) in [4.78, 5) is 9.19. The molecule has 92 valence electrons. The Morgan fingerprint density at radius 3 is 2.28 bits per heavy atom. The molecule has 1 nitrogen and oxygen atoms in total. The fourth-order valence-corrected chi connectivity index (χ4v) is 2.75. The number of rotatable bonds is 3. The van der Waals surface area contributed by atoms with Crippen LogP contribution in [0.25, 0.3) is 23.3 Å². The van der Waals surface area contributed by atoms with Crippen LogP contribution in [0.2, 0.25) is 0 Å². The zero-order valence-electron chi connectivity index (χ0n) is 10.5. The molecule has 1 heterocycles. The monoisotopic (exact) mass is 256 g/mol. The Labute approximate surface area is 112 Å². The van der Waals surface area contributed by atoms with Crippen LogP contribution in [-0.2, 0) is 4.79 Å². The van der Waals surface area contributed by atoms with Crippen molar-refractivity contribution in [3.63, 3.8) is 0 Å². The van der Waals surface area contributed by atoms with E-state index in [0.29, 0.717) is 0 Å². The highest BCUT2D eigenvalue weighted by molar-refractivity contribution is 7.11. The molecule has 0 saturated heterocycles. The molecule has 0 bridgehead atoms. The van der Waals surface area contributed by atoms with Gasteiger partial charge in [-0.15, -0.1) is 11.3 Å². The zero-order valence-corrected chi connectivity index (χ0v) is 11.3. The number of carbonyl (C=O) groups is 1. The van der Waals surface area contributed by atoms with Crippen LogP contribution in [0.1, 0.15) is 16.0 Å². The van der Waals surface area contributed by atoms with E-state index in [1.165, 1.54) is 27.1 Å². The third kappa shape index (κ3) is 2.66. The van der Waals surface area contributed by atoms with Crippen molar-refractivity contribution in [1.29, 1.82) is 0 Å². The summed E-state index contributed by atoms with van der Waals surface area (Å²) < 4.78 is 0. The molecule has 0 unspecified atom stereocenters. The molecule has 0 atom stereocenters. The second-order valence-electron chi connectivity index (χ2n) is 3.65. The molecule has 0 fully saturated rings. The van der Waals surface area contributed by atoms with Crippen LogP contribution in [-0.4, -0.2) is 6.79 Å². The number of thiophene rings is 1. The smallest absolute Gasteiger partial charge is 0.106 e. The van der Waals surface area contributed by atoms with Gasteiger partial charge in [0.2, 0.25) is 0 Å². The number of aryl methyl sites for hydroxylation is 1. The Kier molecular flexibility index (Phi) is 5.28. The van der Waals surface area contributed by atoms with Crippen LogP contribution < -0.4 is 0 Å². The highest BCUT2D eigenvalue weighted by Gasteiger charge is 2.09. The van der Waals surface area contributed by atoms with E-state index in [0.717, 1.165) is 0 Å². The van der Waals surface area contributed by atoms with E-state index >= 15 is 0 Å². The Bertz CT molecular complexity index is 552. The lowest BCUT2D eigenvalue weighted by Gasteiger charge is -2.05. The van der Waals surface area contributed by atoms with Gasteiger partial charge >= 0.3 is 0 Å². The Hall–Kier alpha value is -1.93. The fourth-order valence-electron chi connectivity index (χ4n) is 1.83. The van der Waals surface area contributed by atoms with Crippen molar-refractivity contribution in [2.24, 2.45) is 0 Å². The summed E-state index contributed by atoms with van der Waals surface area (Å²) in [5.74, 6) is 0. The largest absolute Gasteiger partial charge is 0.307 e. The Morgan fingerprint density at radius 1 is 1.06 bits per heavy atom. The van der Waals surface area contributed by atoms with Crippen LogP contribution >= 0.6 is 11.3 Å². The first-order valence-corrected chi connectivity index (χ1v) is 6.37. The number of hydrogen-bond acceptors (Lipinski definition) is 2. The molecular formula is C16H16OS. The zero-order chi connectivity index (χ0) is 13.5. The fraction of sp³-hybridized carbons (Fsp3) is 0.0625. The van der Waals surface area contributed by atoms with Crippen LogP contribution in [0.4, 0.5) is 0 Å². The minimum Gasteiger partial charge on any atom is -0.307 e. The molecule has 1 aromatic carbocycles. The van der Waals surface area contributed by atoms with Crippen molar-refractivity contribution in [3.05, 3.63) is 58.8 Å². The molecule has 0 aliphatic carbocycles. The second kappa shape index (κ2) is 6.72. The molecule has 0 saturated carbocycles. The van der Waals surface area contributed by atoms with Crippen LogP contribution in [0.5, 0.6) is 0 Å². The van der Waals surface area contributed by atoms with Gasteiger partial charge in [0.05, 0.1) is 0 Å². The van der Waals surface area contributed by atoms with E-state index in [4.69, 9.17) is 4.79 Å². The standard InChI is InChI=1S/C15H14S.CH2O/c1-4-12-14(10-16-15(12)5-2)13-9-7-6-8-11(13)3;1-2/h4-10H,1-2H2,3H3;1H2. The number of benzene rings is 1. The average molecular weight is 256 g/mol. The van der Waals surface area contributed by atoms with Gasteiger partial charge < -0.3 is 4.79 Å². The molecule has 0 aliphatic rings. The van der Waals surface area contributed by atoms with E-state index in [1.54, 1.807) is 11.3 Å². The van der Waals surface area contributed by atoms with Gasteiger partial charge in [0.25, 0.3) is 0 Å². The summed E-state index contributed by atoms with van der Waals surface area (Å²) in [7, 11) is 0. The van der Waals surface area contributed by atoms with Crippen LogP contribution in [0.3, 0.4) is 0 Å². The SMILES string of the molecule is C=Cc1scc(-c2ccccc2C)c1C=C.C=O.